The average molecular weight is 200 g/mol. The minimum atomic E-state index is 0.887. The Morgan fingerprint density at radius 1 is 1.75 bits per heavy atom. The van der Waals surface area contributed by atoms with E-state index in [1.165, 1.54) is 0 Å². The molecule has 66 valence electrons. The fraction of sp³-hybridized carbons (Fsp3) is 0.375. The van der Waals surface area contributed by atoms with E-state index in [-0.39, 0.29) is 0 Å². The van der Waals surface area contributed by atoms with Crippen LogP contribution in [0.3, 0.4) is 0 Å². The van der Waals surface area contributed by atoms with Crippen LogP contribution in [0.25, 0.3) is 0 Å². The van der Waals surface area contributed by atoms with Gasteiger partial charge in [0, 0.05) is 30.4 Å². The molecule has 2 nitrogen and oxygen atoms in total. The zero-order valence-corrected chi connectivity index (χ0v) is 8.46. The van der Waals surface area contributed by atoms with Crippen molar-refractivity contribution in [2.75, 3.05) is 18.8 Å². The van der Waals surface area contributed by atoms with Gasteiger partial charge in [0.25, 0.3) is 0 Å². The van der Waals surface area contributed by atoms with Crippen molar-refractivity contribution in [2.24, 2.45) is 0 Å². The van der Waals surface area contributed by atoms with E-state index in [1.807, 2.05) is 17.7 Å². The van der Waals surface area contributed by atoms with Gasteiger partial charge in [0.05, 0.1) is 0 Å². The highest BCUT2D eigenvalue weighted by Gasteiger charge is 1.94. The second-order valence-electron chi connectivity index (χ2n) is 2.14. The first-order valence-electron chi connectivity index (χ1n) is 3.77. The van der Waals surface area contributed by atoms with E-state index in [4.69, 9.17) is 0 Å². The zero-order chi connectivity index (χ0) is 8.65. The molecule has 12 heavy (non-hydrogen) atoms. The Hall–Kier alpha value is -0.320. The Balaban J connectivity index is 2.00. The van der Waals surface area contributed by atoms with Gasteiger partial charge in [0.15, 0.2) is 0 Å². The van der Waals surface area contributed by atoms with Crippen LogP contribution in [0.1, 0.15) is 0 Å². The lowest BCUT2D eigenvalue weighted by Crippen LogP contribution is -2.16. The first kappa shape index (κ1) is 9.77. The largest absolute Gasteiger partial charge is 0.312 e. The van der Waals surface area contributed by atoms with Gasteiger partial charge in [-0.2, -0.15) is 0 Å². The predicted octanol–water partition coefficient (Wildman–Crippen LogP) is 2.01. The number of nitrogens with zero attached hydrogens (tertiary/aromatic N) is 1. The lowest BCUT2D eigenvalue weighted by Gasteiger charge is -1.98. The van der Waals surface area contributed by atoms with Gasteiger partial charge in [-0.1, -0.05) is 17.8 Å². The molecule has 1 aromatic rings. The van der Waals surface area contributed by atoms with Crippen LogP contribution in [-0.2, 0) is 0 Å². The molecule has 1 heterocycles. The Morgan fingerprint density at radius 2 is 2.67 bits per heavy atom. The molecule has 4 heteroatoms. The van der Waals surface area contributed by atoms with E-state index in [1.54, 1.807) is 23.1 Å². The van der Waals surface area contributed by atoms with Gasteiger partial charge in [0.2, 0.25) is 0 Å². The second-order valence-corrected chi connectivity index (χ2v) is 4.38. The molecule has 0 unspecified atom stereocenters. The molecule has 0 bridgehead atoms. The van der Waals surface area contributed by atoms with Crippen LogP contribution in [0.5, 0.6) is 0 Å². The van der Waals surface area contributed by atoms with Gasteiger partial charge < -0.3 is 5.32 Å². The summed E-state index contributed by atoms with van der Waals surface area (Å²) in [7, 11) is 0. The molecule has 0 saturated heterocycles. The smallest absolute Gasteiger partial charge is 0.149 e. The molecule has 0 saturated carbocycles. The van der Waals surface area contributed by atoms with Crippen molar-refractivity contribution in [3.63, 3.8) is 0 Å². The monoisotopic (exact) mass is 200 g/mol. The van der Waals surface area contributed by atoms with Gasteiger partial charge in [-0.15, -0.1) is 17.9 Å². The number of rotatable bonds is 6. The molecule has 0 aliphatic carbocycles. The molecule has 1 aromatic heterocycles. The molecule has 1 N–H and O–H groups in total. The molecule has 0 fully saturated rings. The van der Waals surface area contributed by atoms with Gasteiger partial charge in [-0.05, 0) is 0 Å². The predicted molar refractivity (Wildman–Crippen MR) is 55.9 cm³/mol. The van der Waals surface area contributed by atoms with E-state index in [0.29, 0.717) is 0 Å². The van der Waals surface area contributed by atoms with Crippen LogP contribution in [0.4, 0.5) is 0 Å². The maximum atomic E-state index is 4.17. The van der Waals surface area contributed by atoms with Crippen LogP contribution in [0.2, 0.25) is 0 Å². The van der Waals surface area contributed by atoms with Gasteiger partial charge >= 0.3 is 0 Å². The van der Waals surface area contributed by atoms with Crippen LogP contribution >= 0.6 is 23.1 Å². The number of hydrogen-bond donors (Lipinski definition) is 1. The first-order valence-corrected chi connectivity index (χ1v) is 5.64. The summed E-state index contributed by atoms with van der Waals surface area (Å²) in [5, 5.41) is 5.23. The Bertz CT molecular complexity index is 209. The summed E-state index contributed by atoms with van der Waals surface area (Å²) in [6.07, 6.45) is 3.71. The summed E-state index contributed by atoms with van der Waals surface area (Å²) in [6, 6.07) is 0. The quantitative estimate of drug-likeness (QED) is 0.432. The number of thiazole rings is 1. The van der Waals surface area contributed by atoms with Crippen molar-refractivity contribution >= 4 is 23.1 Å². The second kappa shape index (κ2) is 6.22. The molecular weight excluding hydrogens is 188 g/mol. The highest BCUT2D eigenvalue weighted by atomic mass is 32.2. The topological polar surface area (TPSA) is 24.9 Å². The van der Waals surface area contributed by atoms with E-state index in [0.717, 1.165) is 23.2 Å². The first-order chi connectivity index (χ1) is 5.93. The highest BCUT2D eigenvalue weighted by Crippen LogP contribution is 2.18. The van der Waals surface area contributed by atoms with E-state index in [9.17, 15) is 0 Å². The third-order valence-corrected chi connectivity index (χ3v) is 3.17. The SMILES string of the molecule is C=CCNCCSc1nccs1. The molecule has 0 atom stereocenters. The maximum Gasteiger partial charge on any atom is 0.149 e. The van der Waals surface area contributed by atoms with Crippen molar-refractivity contribution in [2.45, 2.75) is 4.34 Å². The standard InChI is InChI=1S/C8H12N2S2/c1-2-3-9-4-6-11-8-10-5-7-12-8/h2,5,7,9H,1,3-4,6H2. The van der Waals surface area contributed by atoms with Crippen LogP contribution in [-0.4, -0.2) is 23.8 Å². The van der Waals surface area contributed by atoms with Crippen molar-refractivity contribution in [1.29, 1.82) is 0 Å². The average Bonchev–Trinajstić information content (AvgIpc) is 2.57. The Kier molecular flexibility index (Phi) is 5.07. The lowest BCUT2D eigenvalue weighted by molar-refractivity contribution is 0.807. The zero-order valence-electron chi connectivity index (χ0n) is 6.82. The fourth-order valence-corrected chi connectivity index (χ4v) is 2.30. The summed E-state index contributed by atoms with van der Waals surface area (Å²) in [5.41, 5.74) is 0. The minimum absolute atomic E-state index is 0.887. The van der Waals surface area contributed by atoms with Gasteiger partial charge in [-0.25, -0.2) is 4.98 Å². The molecule has 0 radical (unpaired) electrons. The van der Waals surface area contributed by atoms with Crippen molar-refractivity contribution in [1.82, 2.24) is 10.3 Å². The molecule has 0 aromatic carbocycles. The number of thioether (sulfide) groups is 1. The van der Waals surface area contributed by atoms with Crippen molar-refractivity contribution < 1.29 is 0 Å². The van der Waals surface area contributed by atoms with E-state index >= 15 is 0 Å². The van der Waals surface area contributed by atoms with Crippen LogP contribution < -0.4 is 5.32 Å². The number of hydrogen-bond acceptors (Lipinski definition) is 4. The van der Waals surface area contributed by atoms with Crippen LogP contribution in [0, 0.1) is 0 Å². The fourth-order valence-electron chi connectivity index (χ4n) is 0.696. The van der Waals surface area contributed by atoms with E-state index in [2.05, 4.69) is 16.9 Å². The highest BCUT2D eigenvalue weighted by molar-refractivity contribution is 8.01. The normalized spacial score (nSPS) is 10.0. The third kappa shape index (κ3) is 3.90. The summed E-state index contributed by atoms with van der Waals surface area (Å²) in [6.45, 7) is 5.53. The van der Waals surface area contributed by atoms with Crippen molar-refractivity contribution in [3.8, 4) is 0 Å². The van der Waals surface area contributed by atoms with Crippen LogP contribution in [0.15, 0.2) is 28.6 Å². The Morgan fingerprint density at radius 3 is 3.33 bits per heavy atom. The Labute approximate surface area is 81.1 Å². The molecular formula is C8H12N2S2. The van der Waals surface area contributed by atoms with Gasteiger partial charge in [-0.3, -0.25) is 0 Å². The molecule has 0 amide bonds. The third-order valence-electron chi connectivity index (χ3n) is 1.20. The summed E-state index contributed by atoms with van der Waals surface area (Å²) < 4.78 is 1.15. The molecule has 0 spiro atoms. The number of nitrogens with one attached hydrogen (secondary N) is 1. The molecule has 0 aliphatic heterocycles. The minimum Gasteiger partial charge on any atom is -0.312 e. The van der Waals surface area contributed by atoms with E-state index < -0.39 is 0 Å². The number of aromatic nitrogens is 1. The lowest BCUT2D eigenvalue weighted by atomic mass is 10.6. The maximum absolute atomic E-state index is 4.17. The summed E-state index contributed by atoms with van der Waals surface area (Å²) >= 11 is 3.48. The van der Waals surface area contributed by atoms with Gasteiger partial charge in [0.1, 0.15) is 4.34 Å². The summed E-state index contributed by atoms with van der Waals surface area (Å²) in [5.74, 6) is 1.07. The van der Waals surface area contributed by atoms with Crippen molar-refractivity contribution in [3.05, 3.63) is 24.2 Å². The summed E-state index contributed by atoms with van der Waals surface area (Å²) in [4.78, 5) is 4.17. The molecule has 1 rings (SSSR count). The molecule has 0 aliphatic rings.